The number of fused-ring (bicyclic) bond motifs is 1. The maximum Gasteiger partial charge on any atom is 0.338 e. The van der Waals surface area contributed by atoms with Gasteiger partial charge in [-0.25, -0.2) is 9.79 Å². The van der Waals surface area contributed by atoms with Crippen LogP contribution in [0.1, 0.15) is 51.8 Å². The molecule has 0 fully saturated rings. The highest BCUT2D eigenvalue weighted by atomic mass is 35.5. The summed E-state index contributed by atoms with van der Waals surface area (Å²) in [6.07, 6.45) is 3.34. The number of carbonyl (C=O) groups excluding carboxylic acids is 1. The summed E-state index contributed by atoms with van der Waals surface area (Å²) in [6, 6.07) is 10.7. The number of esters is 1. The molecule has 1 atom stereocenters. The smallest absolute Gasteiger partial charge is 0.338 e. The zero-order valence-corrected chi connectivity index (χ0v) is 25.3. The Labute approximate surface area is 240 Å². The Morgan fingerprint density at radius 2 is 1.85 bits per heavy atom. The average molecular weight is 587 g/mol. The number of aromatic nitrogens is 1. The molecule has 2 heterocycles. The van der Waals surface area contributed by atoms with E-state index in [2.05, 4.69) is 4.99 Å². The summed E-state index contributed by atoms with van der Waals surface area (Å²) >= 11 is 9.39. The van der Waals surface area contributed by atoms with Crippen molar-refractivity contribution in [3.05, 3.63) is 83.5 Å². The summed E-state index contributed by atoms with van der Waals surface area (Å²) in [7, 11) is 1.54. The highest BCUT2D eigenvalue weighted by molar-refractivity contribution is 7.98. The number of hydrogen-bond donors (Lipinski definition) is 0. The Morgan fingerprint density at radius 1 is 1.15 bits per heavy atom. The first-order valence-electron chi connectivity index (χ1n) is 12.5. The topological polar surface area (TPSA) is 79.1 Å². The molecule has 0 bridgehead atoms. The normalized spacial score (nSPS) is 15.4. The predicted molar refractivity (Wildman–Crippen MR) is 157 cm³/mol. The summed E-state index contributed by atoms with van der Waals surface area (Å²) < 4.78 is 18.9. The Bertz CT molecular complexity index is 1600. The van der Waals surface area contributed by atoms with E-state index in [1.807, 2.05) is 44.4 Å². The standard InChI is InChI=1S/C29H31ClN2O5S2/c1-15(2)36-26-21(30)12-18(13-22(26)35-6)14-23-27(33)32-25(19-8-10-20(38-7)11-9-19)24(28(34)37-16(3)4)17(5)31-29(32)39-23/h8-16,25H,1-7H3/b23-14-/t25-/m1/s1. The van der Waals surface area contributed by atoms with Gasteiger partial charge in [-0.1, -0.05) is 35.1 Å². The minimum Gasteiger partial charge on any atom is -0.493 e. The second-order valence-electron chi connectivity index (χ2n) is 9.51. The van der Waals surface area contributed by atoms with Crippen molar-refractivity contribution < 1.29 is 19.0 Å². The molecular weight excluding hydrogens is 556 g/mol. The molecule has 1 aromatic heterocycles. The van der Waals surface area contributed by atoms with Crippen molar-refractivity contribution in [2.75, 3.05) is 13.4 Å². The lowest BCUT2D eigenvalue weighted by molar-refractivity contribution is -0.143. The highest BCUT2D eigenvalue weighted by Crippen LogP contribution is 2.37. The quantitative estimate of drug-likeness (QED) is 0.261. The van der Waals surface area contributed by atoms with E-state index in [4.69, 9.17) is 25.8 Å². The molecule has 3 aromatic rings. The van der Waals surface area contributed by atoms with Gasteiger partial charge in [-0.05, 0) is 82.3 Å². The van der Waals surface area contributed by atoms with E-state index in [-0.39, 0.29) is 17.8 Å². The molecule has 4 rings (SSSR count). The number of carbonyl (C=O) groups is 1. The number of thiazole rings is 1. The van der Waals surface area contributed by atoms with Gasteiger partial charge in [0.05, 0.1) is 46.2 Å². The first kappa shape index (κ1) is 29.0. The number of halogens is 1. The summed E-state index contributed by atoms with van der Waals surface area (Å²) in [5.41, 5.74) is 2.07. The van der Waals surface area contributed by atoms with E-state index >= 15 is 0 Å². The summed E-state index contributed by atoms with van der Waals surface area (Å²) in [5, 5.41) is 0.378. The van der Waals surface area contributed by atoms with Crippen LogP contribution in [-0.2, 0) is 9.53 Å². The first-order valence-corrected chi connectivity index (χ1v) is 14.9. The third-order valence-electron chi connectivity index (χ3n) is 5.92. The molecule has 1 aliphatic heterocycles. The fourth-order valence-electron chi connectivity index (χ4n) is 4.29. The van der Waals surface area contributed by atoms with Crippen molar-refractivity contribution in [2.24, 2.45) is 4.99 Å². The zero-order chi connectivity index (χ0) is 28.4. The number of thioether (sulfide) groups is 1. The number of allylic oxidation sites excluding steroid dienone is 1. The second-order valence-corrected chi connectivity index (χ2v) is 11.8. The van der Waals surface area contributed by atoms with Gasteiger partial charge in [-0.15, -0.1) is 11.8 Å². The number of rotatable bonds is 8. The van der Waals surface area contributed by atoms with Crippen molar-refractivity contribution in [1.29, 1.82) is 0 Å². The van der Waals surface area contributed by atoms with Gasteiger partial charge >= 0.3 is 5.97 Å². The van der Waals surface area contributed by atoms with Crippen molar-refractivity contribution in [1.82, 2.24) is 4.57 Å². The molecule has 0 radical (unpaired) electrons. The van der Waals surface area contributed by atoms with Gasteiger partial charge in [0.2, 0.25) is 0 Å². The largest absolute Gasteiger partial charge is 0.493 e. The third-order valence-corrected chi connectivity index (χ3v) is 7.93. The van der Waals surface area contributed by atoms with E-state index in [1.54, 1.807) is 62.4 Å². The highest BCUT2D eigenvalue weighted by Gasteiger charge is 2.33. The van der Waals surface area contributed by atoms with Crippen LogP contribution >= 0.6 is 34.7 Å². The molecule has 39 heavy (non-hydrogen) atoms. The van der Waals surface area contributed by atoms with Gasteiger partial charge in [0.1, 0.15) is 0 Å². The maximum absolute atomic E-state index is 13.9. The van der Waals surface area contributed by atoms with Crippen LogP contribution in [0.15, 0.2) is 62.4 Å². The van der Waals surface area contributed by atoms with E-state index in [0.717, 1.165) is 10.5 Å². The molecule has 10 heteroatoms. The van der Waals surface area contributed by atoms with Gasteiger partial charge in [0.25, 0.3) is 5.56 Å². The summed E-state index contributed by atoms with van der Waals surface area (Å²) in [6.45, 7) is 9.17. The third kappa shape index (κ3) is 6.10. The Balaban J connectivity index is 1.90. The molecule has 206 valence electrons. The summed E-state index contributed by atoms with van der Waals surface area (Å²) in [4.78, 5) is 33.4. The van der Waals surface area contributed by atoms with Crippen molar-refractivity contribution in [3.63, 3.8) is 0 Å². The van der Waals surface area contributed by atoms with E-state index in [0.29, 0.717) is 42.7 Å². The molecule has 0 spiro atoms. The summed E-state index contributed by atoms with van der Waals surface area (Å²) in [5.74, 6) is 0.429. The van der Waals surface area contributed by atoms with Crippen molar-refractivity contribution >= 4 is 46.7 Å². The van der Waals surface area contributed by atoms with Gasteiger partial charge in [-0.2, -0.15) is 0 Å². The van der Waals surface area contributed by atoms with Crippen LogP contribution < -0.4 is 24.4 Å². The van der Waals surface area contributed by atoms with Crippen LogP contribution in [0.2, 0.25) is 5.02 Å². The number of nitrogens with zero attached hydrogens (tertiary/aromatic N) is 2. The average Bonchev–Trinajstić information content (AvgIpc) is 3.18. The number of ether oxygens (including phenoxy) is 3. The van der Waals surface area contributed by atoms with Crippen LogP contribution in [0, 0.1) is 0 Å². The monoisotopic (exact) mass is 586 g/mol. The second kappa shape index (κ2) is 12.0. The molecule has 1 aliphatic rings. The molecule has 0 saturated carbocycles. The lowest BCUT2D eigenvalue weighted by Crippen LogP contribution is -2.40. The van der Waals surface area contributed by atoms with Crippen LogP contribution in [0.25, 0.3) is 6.08 Å². The lowest BCUT2D eigenvalue weighted by Gasteiger charge is -2.25. The molecule has 0 saturated heterocycles. The Kier molecular flexibility index (Phi) is 8.93. The van der Waals surface area contributed by atoms with Gasteiger partial charge < -0.3 is 14.2 Å². The Morgan fingerprint density at radius 3 is 2.44 bits per heavy atom. The van der Waals surface area contributed by atoms with Crippen LogP contribution in [0.3, 0.4) is 0 Å². The fourth-order valence-corrected chi connectivity index (χ4v) is 6.00. The molecule has 0 aliphatic carbocycles. The fraction of sp³-hybridized carbons (Fsp3) is 0.345. The van der Waals surface area contributed by atoms with Crippen LogP contribution in [-0.4, -0.2) is 36.1 Å². The van der Waals surface area contributed by atoms with Crippen molar-refractivity contribution in [2.45, 2.75) is 57.8 Å². The number of hydrogen-bond acceptors (Lipinski definition) is 8. The molecule has 0 unspecified atom stereocenters. The van der Waals surface area contributed by atoms with E-state index in [1.165, 1.54) is 11.3 Å². The zero-order valence-electron chi connectivity index (χ0n) is 22.9. The maximum atomic E-state index is 13.9. The van der Waals surface area contributed by atoms with E-state index < -0.39 is 12.0 Å². The molecule has 0 amide bonds. The van der Waals surface area contributed by atoms with E-state index in [9.17, 15) is 9.59 Å². The van der Waals surface area contributed by atoms with Gasteiger partial charge in [0, 0.05) is 4.90 Å². The molecular formula is C29H31ClN2O5S2. The molecule has 7 nitrogen and oxygen atoms in total. The molecule has 0 N–H and O–H groups in total. The van der Waals surface area contributed by atoms with Crippen molar-refractivity contribution in [3.8, 4) is 11.5 Å². The lowest BCUT2D eigenvalue weighted by atomic mass is 9.96. The SMILES string of the molecule is COc1cc(/C=c2\sc3n(c2=O)[C@H](c2ccc(SC)cc2)C(C(=O)OC(C)C)=C(C)N=3)cc(Cl)c1OC(C)C. The van der Waals surface area contributed by atoms with Crippen LogP contribution in [0.5, 0.6) is 11.5 Å². The predicted octanol–water partition coefficient (Wildman–Crippen LogP) is 5.36. The van der Waals surface area contributed by atoms with Gasteiger partial charge in [-0.3, -0.25) is 9.36 Å². The number of benzene rings is 2. The number of methoxy groups -OCH3 is 1. The minimum atomic E-state index is -0.675. The Hall–Kier alpha value is -3.01. The minimum absolute atomic E-state index is 0.0873. The first-order chi connectivity index (χ1) is 18.5. The van der Waals surface area contributed by atoms with Crippen LogP contribution in [0.4, 0.5) is 0 Å². The van der Waals surface area contributed by atoms with Gasteiger partial charge in [0.15, 0.2) is 16.3 Å². The molecule has 2 aromatic carbocycles.